The first-order chi connectivity index (χ1) is 8.83. The van der Waals surface area contributed by atoms with Gasteiger partial charge in [-0.05, 0) is 19.1 Å². The molecule has 0 aliphatic carbocycles. The highest BCUT2D eigenvalue weighted by molar-refractivity contribution is 5.94. The van der Waals surface area contributed by atoms with Crippen LogP contribution in [-0.4, -0.2) is 34.0 Å². The predicted molar refractivity (Wildman–Crippen MR) is 66.8 cm³/mol. The fourth-order valence-electron chi connectivity index (χ4n) is 1.62. The largest absolute Gasteiger partial charge is 0.381 e. The highest BCUT2D eigenvalue weighted by Crippen LogP contribution is 2.10. The number of hydrogen-bond donors (Lipinski definition) is 0. The maximum absolute atomic E-state index is 12.0. The second-order valence-electron chi connectivity index (χ2n) is 3.74. The van der Waals surface area contributed by atoms with Crippen molar-refractivity contribution in [3.63, 3.8) is 0 Å². The van der Waals surface area contributed by atoms with E-state index in [4.69, 9.17) is 4.74 Å². The van der Waals surface area contributed by atoms with Gasteiger partial charge in [-0.1, -0.05) is 23.4 Å². The Labute approximate surface area is 105 Å². The Morgan fingerprint density at radius 1 is 1.33 bits per heavy atom. The summed E-state index contributed by atoms with van der Waals surface area (Å²) in [5.41, 5.74) is 1.32. The number of ether oxygens (including phenoxy) is 1. The van der Waals surface area contributed by atoms with Gasteiger partial charge in [-0.15, -0.1) is 5.10 Å². The zero-order valence-corrected chi connectivity index (χ0v) is 10.2. The molecule has 2 rings (SSSR count). The maximum atomic E-state index is 12.0. The first-order valence-electron chi connectivity index (χ1n) is 5.90. The van der Waals surface area contributed by atoms with Gasteiger partial charge < -0.3 is 4.74 Å². The van der Waals surface area contributed by atoms with Crippen LogP contribution in [0.3, 0.4) is 0 Å². The van der Waals surface area contributed by atoms with Crippen LogP contribution in [0.1, 0.15) is 23.8 Å². The van der Waals surface area contributed by atoms with Gasteiger partial charge in [-0.3, -0.25) is 4.79 Å². The molecule has 1 aromatic heterocycles. The number of carbonyl (C=O) groups is 1. The topological polar surface area (TPSA) is 57.0 Å². The molecule has 0 amide bonds. The molecule has 0 aliphatic rings. The minimum absolute atomic E-state index is 0.0164. The van der Waals surface area contributed by atoms with Crippen molar-refractivity contribution in [2.45, 2.75) is 13.3 Å². The van der Waals surface area contributed by atoms with Crippen LogP contribution in [0.2, 0.25) is 0 Å². The number of rotatable bonds is 6. The van der Waals surface area contributed by atoms with Crippen LogP contribution in [0.15, 0.2) is 36.5 Å². The lowest BCUT2D eigenvalue weighted by Gasteiger charge is -2.05. The molecule has 0 aliphatic heterocycles. The van der Waals surface area contributed by atoms with Gasteiger partial charge >= 0.3 is 0 Å². The summed E-state index contributed by atoms with van der Waals surface area (Å²) in [7, 11) is 0. The molecule has 0 N–H and O–H groups in total. The van der Waals surface area contributed by atoms with E-state index in [1.54, 1.807) is 4.68 Å². The molecule has 0 radical (unpaired) electrons. The van der Waals surface area contributed by atoms with Crippen molar-refractivity contribution >= 4 is 5.78 Å². The molecule has 0 spiro atoms. The zero-order chi connectivity index (χ0) is 12.8. The summed E-state index contributed by atoms with van der Waals surface area (Å²) < 4.78 is 6.73. The Kier molecular flexibility index (Phi) is 4.20. The quantitative estimate of drug-likeness (QED) is 0.576. The summed E-state index contributed by atoms with van der Waals surface area (Å²) in [6.07, 6.45) is 1.83. The SMILES string of the molecule is CCOCCC(=O)c1cnnn1-c1ccccc1. The fourth-order valence-corrected chi connectivity index (χ4v) is 1.62. The van der Waals surface area contributed by atoms with Crippen molar-refractivity contribution < 1.29 is 9.53 Å². The Hall–Kier alpha value is -2.01. The van der Waals surface area contributed by atoms with E-state index in [1.807, 2.05) is 37.3 Å². The molecule has 0 bridgehead atoms. The smallest absolute Gasteiger partial charge is 0.185 e. The number of nitrogens with zero attached hydrogens (tertiary/aromatic N) is 3. The average molecular weight is 245 g/mol. The third-order valence-corrected chi connectivity index (χ3v) is 2.51. The number of Topliss-reactive ketones (excluding diaryl/α,β-unsaturated/α-hetero) is 1. The van der Waals surface area contributed by atoms with Crippen LogP contribution in [0.25, 0.3) is 5.69 Å². The number of carbonyl (C=O) groups excluding carboxylic acids is 1. The molecule has 1 aromatic carbocycles. The normalized spacial score (nSPS) is 10.5. The third kappa shape index (κ3) is 2.81. The Balaban J connectivity index is 2.15. The van der Waals surface area contributed by atoms with Crippen LogP contribution < -0.4 is 0 Å². The standard InChI is InChI=1S/C13H15N3O2/c1-2-18-9-8-13(17)12-10-14-15-16(12)11-6-4-3-5-7-11/h3-7,10H,2,8-9H2,1H3. The van der Waals surface area contributed by atoms with Crippen LogP contribution in [0.5, 0.6) is 0 Å². The lowest BCUT2D eigenvalue weighted by Crippen LogP contribution is -2.11. The van der Waals surface area contributed by atoms with E-state index >= 15 is 0 Å². The van der Waals surface area contributed by atoms with E-state index in [0.717, 1.165) is 5.69 Å². The number of benzene rings is 1. The lowest BCUT2D eigenvalue weighted by molar-refractivity contribution is 0.0888. The summed E-state index contributed by atoms with van der Waals surface area (Å²) in [5, 5.41) is 7.74. The minimum atomic E-state index is -0.0164. The van der Waals surface area contributed by atoms with Crippen molar-refractivity contribution in [2.24, 2.45) is 0 Å². The first-order valence-corrected chi connectivity index (χ1v) is 5.90. The molecular weight excluding hydrogens is 230 g/mol. The monoisotopic (exact) mass is 245 g/mol. The molecule has 18 heavy (non-hydrogen) atoms. The zero-order valence-electron chi connectivity index (χ0n) is 10.2. The molecule has 2 aromatic rings. The fraction of sp³-hybridized carbons (Fsp3) is 0.308. The summed E-state index contributed by atoms with van der Waals surface area (Å²) >= 11 is 0. The Morgan fingerprint density at radius 3 is 2.83 bits per heavy atom. The van der Waals surface area contributed by atoms with Crippen molar-refractivity contribution in [1.82, 2.24) is 15.0 Å². The molecule has 1 heterocycles. The van der Waals surface area contributed by atoms with Gasteiger partial charge in [0.05, 0.1) is 18.5 Å². The van der Waals surface area contributed by atoms with Gasteiger partial charge in [0.15, 0.2) is 5.78 Å². The third-order valence-electron chi connectivity index (χ3n) is 2.51. The number of ketones is 1. The number of hydrogen-bond acceptors (Lipinski definition) is 4. The van der Waals surface area contributed by atoms with Crippen molar-refractivity contribution in [3.05, 3.63) is 42.2 Å². The average Bonchev–Trinajstić information content (AvgIpc) is 2.89. The summed E-state index contributed by atoms with van der Waals surface area (Å²) in [5.74, 6) is -0.0164. The van der Waals surface area contributed by atoms with Crippen LogP contribution in [0.4, 0.5) is 0 Å². The van der Waals surface area contributed by atoms with Gasteiger partial charge in [-0.25, -0.2) is 4.68 Å². The van der Waals surface area contributed by atoms with E-state index in [9.17, 15) is 4.79 Å². The lowest BCUT2D eigenvalue weighted by atomic mass is 10.2. The molecular formula is C13H15N3O2. The van der Waals surface area contributed by atoms with Gasteiger partial charge in [0.25, 0.3) is 0 Å². The highest BCUT2D eigenvalue weighted by Gasteiger charge is 2.13. The molecule has 5 nitrogen and oxygen atoms in total. The second kappa shape index (κ2) is 6.07. The maximum Gasteiger partial charge on any atom is 0.185 e. The minimum Gasteiger partial charge on any atom is -0.381 e. The van der Waals surface area contributed by atoms with E-state index in [2.05, 4.69) is 10.3 Å². The van der Waals surface area contributed by atoms with Crippen LogP contribution >= 0.6 is 0 Å². The molecule has 94 valence electrons. The van der Waals surface area contributed by atoms with Crippen molar-refractivity contribution in [3.8, 4) is 5.69 Å². The van der Waals surface area contributed by atoms with E-state index in [-0.39, 0.29) is 5.78 Å². The van der Waals surface area contributed by atoms with Gasteiger partial charge in [-0.2, -0.15) is 0 Å². The number of para-hydroxylation sites is 1. The first kappa shape index (κ1) is 12.4. The molecule has 0 saturated carbocycles. The van der Waals surface area contributed by atoms with E-state index in [1.165, 1.54) is 6.20 Å². The van der Waals surface area contributed by atoms with Gasteiger partial charge in [0.1, 0.15) is 5.69 Å². The van der Waals surface area contributed by atoms with Crippen LogP contribution in [0, 0.1) is 0 Å². The van der Waals surface area contributed by atoms with Gasteiger partial charge in [0, 0.05) is 13.0 Å². The summed E-state index contributed by atoms with van der Waals surface area (Å²) in [6, 6.07) is 9.47. The molecule has 0 unspecified atom stereocenters. The Morgan fingerprint density at radius 2 is 2.11 bits per heavy atom. The van der Waals surface area contributed by atoms with E-state index < -0.39 is 0 Å². The van der Waals surface area contributed by atoms with Gasteiger partial charge in [0.2, 0.25) is 0 Å². The van der Waals surface area contributed by atoms with E-state index in [0.29, 0.717) is 25.3 Å². The van der Waals surface area contributed by atoms with Crippen LogP contribution in [-0.2, 0) is 4.74 Å². The van der Waals surface area contributed by atoms with Crippen molar-refractivity contribution in [1.29, 1.82) is 0 Å². The number of aromatic nitrogens is 3. The highest BCUT2D eigenvalue weighted by atomic mass is 16.5. The van der Waals surface area contributed by atoms with Crippen molar-refractivity contribution in [2.75, 3.05) is 13.2 Å². The predicted octanol–water partition coefficient (Wildman–Crippen LogP) is 1.88. The second-order valence-corrected chi connectivity index (χ2v) is 3.74. The summed E-state index contributed by atoms with van der Waals surface area (Å²) in [6.45, 7) is 2.94. The molecule has 0 saturated heterocycles. The summed E-state index contributed by atoms with van der Waals surface area (Å²) in [4.78, 5) is 12.0. The molecule has 0 atom stereocenters. The Bertz CT molecular complexity index is 508. The molecule has 0 fully saturated rings. The molecule has 5 heteroatoms.